The smallest absolute Gasteiger partial charge is 0.328 e. The van der Waals surface area contributed by atoms with E-state index in [9.17, 15) is 4.79 Å². The average molecular weight is 500 g/mol. The standard InChI is InChI=1S/C32H41N3O2/c1-21(2)24-10-13-29(14-11-24)35-22(3)17-27-18-26(28(19-33)20-34-4)12-15-30(27)32(35)25-8-5-23(6-9-25)7-16-31(36)37/h5,7-8,10-13,15-16,18-22,27,29-30,32H,6,9,14,17,33H2,1-4H3,(H,36,37)/b16-7+,28-19?,34-20?. The van der Waals surface area contributed by atoms with Gasteiger partial charge in [0, 0.05) is 55.2 Å². The Hall–Kier alpha value is -3.18. The fourth-order valence-electron chi connectivity index (χ4n) is 6.33. The zero-order valence-corrected chi connectivity index (χ0v) is 22.5. The van der Waals surface area contributed by atoms with Crippen molar-refractivity contribution < 1.29 is 9.90 Å². The Kier molecular flexibility index (Phi) is 8.65. The molecule has 4 aliphatic rings. The van der Waals surface area contributed by atoms with Crippen molar-refractivity contribution in [1.29, 1.82) is 0 Å². The monoisotopic (exact) mass is 499 g/mol. The van der Waals surface area contributed by atoms with E-state index >= 15 is 0 Å². The van der Waals surface area contributed by atoms with Gasteiger partial charge in [-0.2, -0.15) is 0 Å². The molecule has 37 heavy (non-hydrogen) atoms. The highest BCUT2D eigenvalue weighted by Crippen LogP contribution is 2.45. The van der Waals surface area contributed by atoms with Crippen molar-refractivity contribution in [1.82, 2.24) is 4.90 Å². The first kappa shape index (κ1) is 26.9. The maximum atomic E-state index is 11.0. The summed E-state index contributed by atoms with van der Waals surface area (Å²) >= 11 is 0. The van der Waals surface area contributed by atoms with Crippen molar-refractivity contribution in [2.24, 2.45) is 28.5 Å². The Bertz CT molecular complexity index is 1160. The zero-order chi connectivity index (χ0) is 26.5. The number of hydrogen-bond donors (Lipinski definition) is 2. The molecular formula is C32H41N3O2. The minimum absolute atomic E-state index is 0.290. The lowest BCUT2D eigenvalue weighted by Gasteiger charge is -2.53. The lowest BCUT2D eigenvalue weighted by atomic mass is 9.69. The minimum atomic E-state index is -0.905. The molecule has 1 aliphatic heterocycles. The summed E-state index contributed by atoms with van der Waals surface area (Å²) in [6, 6.07) is 1.08. The maximum Gasteiger partial charge on any atom is 0.328 e. The summed E-state index contributed by atoms with van der Waals surface area (Å²) < 4.78 is 0. The second-order valence-corrected chi connectivity index (χ2v) is 10.9. The first-order valence-electron chi connectivity index (χ1n) is 13.5. The van der Waals surface area contributed by atoms with Crippen LogP contribution in [0.15, 0.2) is 99.8 Å². The number of likely N-dealkylation sites (tertiary alicyclic amines) is 1. The molecule has 5 unspecified atom stereocenters. The number of carbonyl (C=O) groups is 1. The fraction of sp³-hybridized carbons (Fsp3) is 0.438. The van der Waals surface area contributed by atoms with E-state index in [0.717, 1.165) is 42.4 Å². The van der Waals surface area contributed by atoms with Gasteiger partial charge in [0.05, 0.1) is 0 Å². The van der Waals surface area contributed by atoms with E-state index in [4.69, 9.17) is 10.8 Å². The second kappa shape index (κ2) is 11.9. The summed E-state index contributed by atoms with van der Waals surface area (Å²) in [4.78, 5) is 17.9. The molecule has 0 saturated carbocycles. The number of rotatable bonds is 7. The van der Waals surface area contributed by atoms with Gasteiger partial charge in [-0.05, 0) is 61.2 Å². The van der Waals surface area contributed by atoms with Gasteiger partial charge < -0.3 is 10.8 Å². The number of piperidine rings is 1. The third kappa shape index (κ3) is 6.04. The molecule has 5 atom stereocenters. The normalized spacial score (nSPS) is 30.8. The molecule has 196 valence electrons. The van der Waals surface area contributed by atoms with E-state index in [0.29, 0.717) is 29.8 Å². The average Bonchev–Trinajstić information content (AvgIpc) is 2.90. The van der Waals surface area contributed by atoms with Gasteiger partial charge in [0.25, 0.3) is 0 Å². The van der Waals surface area contributed by atoms with Gasteiger partial charge in [0.2, 0.25) is 0 Å². The number of aliphatic imine (C=N–C) groups is 1. The molecule has 3 N–H and O–H groups in total. The van der Waals surface area contributed by atoms with E-state index in [1.807, 2.05) is 6.21 Å². The summed E-state index contributed by atoms with van der Waals surface area (Å²) in [6.07, 6.45) is 28.9. The van der Waals surface area contributed by atoms with Crippen molar-refractivity contribution in [3.05, 3.63) is 94.8 Å². The van der Waals surface area contributed by atoms with Gasteiger partial charge in [-0.3, -0.25) is 9.89 Å². The Balaban J connectivity index is 1.69. The summed E-state index contributed by atoms with van der Waals surface area (Å²) in [6.45, 7) is 6.89. The van der Waals surface area contributed by atoms with Gasteiger partial charge in [-0.15, -0.1) is 0 Å². The highest BCUT2D eigenvalue weighted by Gasteiger charge is 2.44. The lowest BCUT2D eigenvalue weighted by Crippen LogP contribution is -2.57. The number of fused-ring (bicyclic) bond motifs is 1. The summed E-state index contributed by atoms with van der Waals surface area (Å²) in [7, 11) is 1.77. The predicted molar refractivity (Wildman–Crippen MR) is 153 cm³/mol. The second-order valence-electron chi connectivity index (χ2n) is 10.9. The molecule has 0 spiro atoms. The van der Waals surface area contributed by atoms with Crippen LogP contribution < -0.4 is 5.73 Å². The first-order chi connectivity index (χ1) is 17.8. The third-order valence-electron chi connectivity index (χ3n) is 8.16. The molecule has 4 rings (SSSR count). The Labute approximate surface area is 221 Å². The van der Waals surface area contributed by atoms with Crippen LogP contribution in [0, 0.1) is 17.8 Å². The molecular weight excluding hydrogens is 458 g/mol. The first-order valence-corrected chi connectivity index (χ1v) is 13.5. The van der Waals surface area contributed by atoms with Crippen LogP contribution in [-0.4, -0.2) is 47.4 Å². The van der Waals surface area contributed by atoms with Crippen molar-refractivity contribution in [2.75, 3.05) is 7.05 Å². The van der Waals surface area contributed by atoms with Crippen molar-refractivity contribution in [3.8, 4) is 0 Å². The number of carboxylic acids is 1. The SMILES string of the molecule is CN=CC(=CN)C1=CC2CC(C)N(C3C=CC(C(C)C)=CC3)C(C3=CC=C(/C=C/C(=O)O)CC3)C2C=C1. The number of nitrogens with two attached hydrogens (primary N) is 1. The van der Waals surface area contributed by atoms with Gasteiger partial charge in [-0.1, -0.05) is 74.1 Å². The van der Waals surface area contributed by atoms with Gasteiger partial charge in [0.15, 0.2) is 0 Å². The molecule has 1 saturated heterocycles. The van der Waals surface area contributed by atoms with Crippen molar-refractivity contribution in [3.63, 3.8) is 0 Å². The molecule has 5 nitrogen and oxygen atoms in total. The fourth-order valence-corrected chi connectivity index (χ4v) is 6.33. The van der Waals surface area contributed by atoms with Crippen LogP contribution in [-0.2, 0) is 4.79 Å². The van der Waals surface area contributed by atoms with Crippen LogP contribution in [0.3, 0.4) is 0 Å². The molecule has 1 heterocycles. The van der Waals surface area contributed by atoms with Gasteiger partial charge >= 0.3 is 5.97 Å². The number of nitrogens with zero attached hydrogens (tertiary/aromatic N) is 2. The number of allylic oxidation sites excluding steroid dienone is 10. The Morgan fingerprint density at radius 2 is 2.03 bits per heavy atom. The summed E-state index contributed by atoms with van der Waals surface area (Å²) in [5.74, 6) is 0.430. The molecule has 0 radical (unpaired) electrons. The van der Waals surface area contributed by atoms with E-state index < -0.39 is 5.97 Å². The molecule has 0 aromatic rings. The quantitative estimate of drug-likeness (QED) is 0.337. The number of carboxylic acid groups (broad SMARTS) is 1. The lowest BCUT2D eigenvalue weighted by molar-refractivity contribution is -0.131. The summed E-state index contributed by atoms with van der Waals surface area (Å²) in [5.41, 5.74) is 12.0. The van der Waals surface area contributed by atoms with Crippen LogP contribution in [0.2, 0.25) is 0 Å². The van der Waals surface area contributed by atoms with Crippen molar-refractivity contribution in [2.45, 2.75) is 64.6 Å². The van der Waals surface area contributed by atoms with Gasteiger partial charge in [-0.25, -0.2) is 4.79 Å². The third-order valence-corrected chi connectivity index (χ3v) is 8.16. The number of hydrogen-bond acceptors (Lipinski definition) is 4. The molecule has 3 aliphatic carbocycles. The van der Waals surface area contributed by atoms with Crippen LogP contribution in [0.5, 0.6) is 0 Å². The molecule has 0 amide bonds. The topological polar surface area (TPSA) is 78.9 Å². The highest BCUT2D eigenvalue weighted by atomic mass is 16.4. The predicted octanol–water partition coefficient (Wildman–Crippen LogP) is 5.92. The van der Waals surface area contributed by atoms with Crippen LogP contribution >= 0.6 is 0 Å². The van der Waals surface area contributed by atoms with Crippen LogP contribution in [0.25, 0.3) is 0 Å². The van der Waals surface area contributed by atoms with E-state index in [1.165, 1.54) is 17.2 Å². The molecule has 1 fully saturated rings. The highest BCUT2D eigenvalue weighted by molar-refractivity contribution is 5.86. The molecule has 0 bridgehead atoms. The number of aliphatic carboxylic acids is 1. The Morgan fingerprint density at radius 3 is 2.62 bits per heavy atom. The van der Waals surface area contributed by atoms with E-state index in [2.05, 4.69) is 79.3 Å². The van der Waals surface area contributed by atoms with E-state index in [-0.39, 0.29) is 6.04 Å². The molecule has 0 aromatic heterocycles. The van der Waals surface area contributed by atoms with Gasteiger partial charge in [0.1, 0.15) is 0 Å². The Morgan fingerprint density at radius 1 is 1.22 bits per heavy atom. The van der Waals surface area contributed by atoms with Crippen molar-refractivity contribution >= 4 is 12.2 Å². The van der Waals surface area contributed by atoms with Crippen LogP contribution in [0.1, 0.15) is 46.5 Å². The molecule has 5 heteroatoms. The minimum Gasteiger partial charge on any atom is -0.478 e. The van der Waals surface area contributed by atoms with Crippen LogP contribution in [0.4, 0.5) is 0 Å². The zero-order valence-electron chi connectivity index (χ0n) is 22.5. The molecule has 0 aromatic carbocycles. The van der Waals surface area contributed by atoms with E-state index in [1.54, 1.807) is 19.3 Å². The maximum absolute atomic E-state index is 11.0. The largest absolute Gasteiger partial charge is 0.478 e. The summed E-state index contributed by atoms with van der Waals surface area (Å²) in [5, 5.41) is 9.02.